The van der Waals surface area contributed by atoms with Crippen LogP contribution in [0.5, 0.6) is 0 Å². The lowest BCUT2D eigenvalue weighted by molar-refractivity contribution is -0.384. The number of amides is 2. The summed E-state index contributed by atoms with van der Waals surface area (Å²) >= 11 is 0. The number of benzene rings is 2. The van der Waals surface area contributed by atoms with Gasteiger partial charge in [0.05, 0.1) is 10.5 Å². The first-order chi connectivity index (χ1) is 12.0. The summed E-state index contributed by atoms with van der Waals surface area (Å²) < 4.78 is 0. The Morgan fingerprint density at radius 2 is 1.88 bits per heavy atom. The SMILES string of the molecule is NCCNCCCN1C(=O)c2cccc3cc([N+](=O)[O-])cc(c23)C1=O. The molecular formula is C17H18N4O4. The minimum Gasteiger partial charge on any atom is -0.329 e. The van der Waals surface area contributed by atoms with Crippen LogP contribution in [0, 0.1) is 10.1 Å². The van der Waals surface area contributed by atoms with E-state index in [0.29, 0.717) is 42.4 Å². The van der Waals surface area contributed by atoms with Gasteiger partial charge in [0.15, 0.2) is 0 Å². The second-order valence-corrected chi connectivity index (χ2v) is 5.81. The van der Waals surface area contributed by atoms with E-state index in [4.69, 9.17) is 5.73 Å². The third-order valence-electron chi connectivity index (χ3n) is 4.18. The van der Waals surface area contributed by atoms with E-state index in [0.717, 1.165) is 4.90 Å². The van der Waals surface area contributed by atoms with Crippen LogP contribution >= 0.6 is 0 Å². The lowest BCUT2D eigenvalue weighted by Gasteiger charge is -2.27. The molecule has 0 unspecified atom stereocenters. The topological polar surface area (TPSA) is 119 Å². The van der Waals surface area contributed by atoms with Crippen molar-refractivity contribution in [1.29, 1.82) is 0 Å². The third kappa shape index (κ3) is 3.09. The number of hydrogen-bond donors (Lipinski definition) is 2. The molecule has 2 amide bonds. The number of nitro groups is 1. The van der Waals surface area contributed by atoms with Crippen LogP contribution in [0.15, 0.2) is 30.3 Å². The van der Waals surface area contributed by atoms with Gasteiger partial charge < -0.3 is 11.1 Å². The van der Waals surface area contributed by atoms with Gasteiger partial charge in [-0.2, -0.15) is 0 Å². The maximum Gasteiger partial charge on any atom is 0.270 e. The van der Waals surface area contributed by atoms with Crippen LogP contribution in [-0.4, -0.2) is 47.8 Å². The van der Waals surface area contributed by atoms with Crippen LogP contribution in [0.25, 0.3) is 10.8 Å². The minimum absolute atomic E-state index is 0.160. The van der Waals surface area contributed by atoms with Gasteiger partial charge in [0.1, 0.15) is 0 Å². The summed E-state index contributed by atoms with van der Waals surface area (Å²) in [6.07, 6.45) is 0.581. The van der Waals surface area contributed by atoms with Gasteiger partial charge in [-0.3, -0.25) is 24.6 Å². The molecule has 0 bridgehead atoms. The predicted octanol–water partition coefficient (Wildman–Crippen LogP) is 1.28. The number of nitro benzene ring substituents is 1. The van der Waals surface area contributed by atoms with Gasteiger partial charge in [0.25, 0.3) is 17.5 Å². The van der Waals surface area contributed by atoms with Crippen molar-refractivity contribution in [2.24, 2.45) is 5.73 Å². The molecule has 0 saturated heterocycles. The molecule has 0 aliphatic carbocycles. The fraction of sp³-hybridized carbons (Fsp3) is 0.294. The molecule has 0 saturated carbocycles. The highest BCUT2D eigenvalue weighted by atomic mass is 16.6. The summed E-state index contributed by atoms with van der Waals surface area (Å²) in [5, 5.41) is 15.2. The molecule has 0 fully saturated rings. The van der Waals surface area contributed by atoms with E-state index >= 15 is 0 Å². The monoisotopic (exact) mass is 342 g/mol. The van der Waals surface area contributed by atoms with Gasteiger partial charge in [0.2, 0.25) is 0 Å². The number of non-ortho nitro benzene ring substituents is 1. The Morgan fingerprint density at radius 1 is 1.12 bits per heavy atom. The number of nitrogens with zero attached hydrogens (tertiary/aromatic N) is 2. The van der Waals surface area contributed by atoms with Crippen molar-refractivity contribution in [2.45, 2.75) is 6.42 Å². The standard InChI is InChI=1S/C17H18N4O4/c18-5-7-19-6-2-8-20-16(22)13-4-1-3-11-9-12(21(24)25)10-14(15(11)13)17(20)23/h1,3-4,9-10,19H,2,5-8,18H2. The van der Waals surface area contributed by atoms with E-state index in [1.165, 1.54) is 12.1 Å². The van der Waals surface area contributed by atoms with Crippen LogP contribution in [0.3, 0.4) is 0 Å². The van der Waals surface area contributed by atoms with E-state index < -0.39 is 10.8 Å². The molecule has 1 aliphatic heterocycles. The Hall–Kier alpha value is -2.84. The van der Waals surface area contributed by atoms with E-state index in [2.05, 4.69) is 5.32 Å². The summed E-state index contributed by atoms with van der Waals surface area (Å²) in [6, 6.07) is 7.61. The Labute approximate surface area is 143 Å². The van der Waals surface area contributed by atoms with Gasteiger partial charge in [-0.25, -0.2) is 0 Å². The summed E-state index contributed by atoms with van der Waals surface area (Å²) in [4.78, 5) is 37.2. The Kier molecular flexibility index (Phi) is 4.73. The van der Waals surface area contributed by atoms with E-state index in [-0.39, 0.29) is 23.7 Å². The normalized spacial score (nSPS) is 13.6. The maximum atomic E-state index is 12.8. The molecule has 130 valence electrons. The lowest BCUT2D eigenvalue weighted by Crippen LogP contribution is -2.41. The number of rotatable bonds is 7. The Bertz CT molecular complexity index is 865. The number of carbonyl (C=O) groups is 2. The number of nitrogens with two attached hydrogens (primary N) is 1. The minimum atomic E-state index is -0.534. The van der Waals surface area contributed by atoms with Crippen LogP contribution in [-0.2, 0) is 0 Å². The smallest absolute Gasteiger partial charge is 0.270 e. The van der Waals surface area contributed by atoms with Gasteiger partial charge in [0, 0.05) is 42.7 Å². The summed E-state index contributed by atoms with van der Waals surface area (Å²) in [5.41, 5.74) is 5.84. The van der Waals surface area contributed by atoms with Crippen molar-refractivity contribution in [3.63, 3.8) is 0 Å². The molecule has 1 aliphatic rings. The van der Waals surface area contributed by atoms with Crippen molar-refractivity contribution in [1.82, 2.24) is 10.2 Å². The molecule has 2 aromatic rings. The summed E-state index contributed by atoms with van der Waals surface area (Å²) in [5.74, 6) is -0.855. The third-order valence-corrected chi connectivity index (χ3v) is 4.18. The molecule has 3 rings (SSSR count). The van der Waals surface area contributed by atoms with Crippen molar-refractivity contribution in [3.8, 4) is 0 Å². The molecule has 0 radical (unpaired) electrons. The second kappa shape index (κ2) is 6.96. The zero-order valence-electron chi connectivity index (χ0n) is 13.5. The molecule has 0 aromatic heterocycles. The highest BCUT2D eigenvalue weighted by molar-refractivity contribution is 6.25. The van der Waals surface area contributed by atoms with Gasteiger partial charge in [-0.15, -0.1) is 0 Å². The van der Waals surface area contributed by atoms with Crippen LogP contribution in [0.2, 0.25) is 0 Å². The van der Waals surface area contributed by atoms with E-state index in [1.807, 2.05) is 0 Å². The van der Waals surface area contributed by atoms with Crippen molar-refractivity contribution in [2.75, 3.05) is 26.2 Å². The van der Waals surface area contributed by atoms with Crippen molar-refractivity contribution < 1.29 is 14.5 Å². The number of hydrogen-bond acceptors (Lipinski definition) is 6. The molecule has 1 heterocycles. The van der Waals surface area contributed by atoms with E-state index in [9.17, 15) is 19.7 Å². The predicted molar refractivity (Wildman–Crippen MR) is 92.5 cm³/mol. The summed E-state index contributed by atoms with van der Waals surface area (Å²) in [7, 11) is 0. The second-order valence-electron chi connectivity index (χ2n) is 5.81. The molecule has 8 nitrogen and oxygen atoms in total. The first-order valence-electron chi connectivity index (χ1n) is 8.02. The van der Waals surface area contributed by atoms with Crippen LogP contribution < -0.4 is 11.1 Å². The molecule has 2 aromatic carbocycles. The largest absolute Gasteiger partial charge is 0.329 e. The first-order valence-corrected chi connectivity index (χ1v) is 8.02. The van der Waals surface area contributed by atoms with Gasteiger partial charge in [-0.1, -0.05) is 12.1 Å². The highest BCUT2D eigenvalue weighted by Gasteiger charge is 2.33. The van der Waals surface area contributed by atoms with Gasteiger partial charge in [-0.05, 0) is 24.4 Å². The molecule has 3 N–H and O–H groups in total. The maximum absolute atomic E-state index is 12.8. The van der Waals surface area contributed by atoms with Crippen molar-refractivity contribution in [3.05, 3.63) is 51.6 Å². The summed E-state index contributed by atoms with van der Waals surface area (Å²) in [6.45, 7) is 2.05. The Balaban J connectivity index is 1.96. The fourth-order valence-electron chi connectivity index (χ4n) is 3.04. The number of carbonyl (C=O) groups excluding carboxylic acids is 2. The first kappa shape index (κ1) is 17.0. The average molecular weight is 342 g/mol. The molecule has 8 heteroatoms. The average Bonchev–Trinajstić information content (AvgIpc) is 2.61. The molecule has 0 spiro atoms. The van der Waals surface area contributed by atoms with E-state index in [1.54, 1.807) is 18.2 Å². The number of imide groups is 1. The van der Waals surface area contributed by atoms with Gasteiger partial charge >= 0.3 is 0 Å². The quantitative estimate of drug-likeness (QED) is 0.339. The fourth-order valence-corrected chi connectivity index (χ4v) is 3.04. The zero-order chi connectivity index (χ0) is 18.0. The zero-order valence-corrected chi connectivity index (χ0v) is 13.5. The van der Waals surface area contributed by atoms with Crippen molar-refractivity contribution >= 4 is 28.3 Å². The molecule has 0 atom stereocenters. The molecule has 25 heavy (non-hydrogen) atoms. The van der Waals surface area contributed by atoms with Crippen LogP contribution in [0.4, 0.5) is 5.69 Å². The lowest BCUT2D eigenvalue weighted by atomic mass is 9.93. The number of nitrogens with one attached hydrogen (secondary N) is 1. The highest BCUT2D eigenvalue weighted by Crippen LogP contribution is 2.33. The molecular weight excluding hydrogens is 324 g/mol. The Morgan fingerprint density at radius 3 is 2.60 bits per heavy atom. The van der Waals surface area contributed by atoms with Crippen LogP contribution in [0.1, 0.15) is 27.1 Å².